The van der Waals surface area contributed by atoms with E-state index in [2.05, 4.69) is 6.92 Å². The highest BCUT2D eigenvalue weighted by Crippen LogP contribution is 2.23. The van der Waals surface area contributed by atoms with Gasteiger partial charge in [0.1, 0.15) is 0 Å². The fourth-order valence-corrected chi connectivity index (χ4v) is 3.83. The highest BCUT2D eigenvalue weighted by molar-refractivity contribution is 5.81. The fraction of sp³-hybridized carbons (Fsp3) is 0.800. The Morgan fingerprint density at radius 1 is 0.786 bits per heavy atom. The Hall–Kier alpha value is -1.09. The maximum absolute atomic E-state index is 11.5. The van der Waals surface area contributed by atoms with Crippen LogP contribution in [0.1, 0.15) is 116 Å². The van der Waals surface area contributed by atoms with E-state index in [9.17, 15) is 9.90 Å². The molecule has 0 aromatic rings. The molecule has 0 amide bonds. The first-order chi connectivity index (χ1) is 13.7. The van der Waals surface area contributed by atoms with E-state index in [4.69, 9.17) is 4.74 Å². The topological polar surface area (TPSA) is 46.5 Å². The molecule has 0 aromatic heterocycles. The Morgan fingerprint density at radius 2 is 1.25 bits per heavy atom. The SMILES string of the molecule is CCCCCCCCCCCCCCCCCCOC1(C(=O)O)C=CC=CC1. The maximum atomic E-state index is 11.5. The number of unbranched alkanes of at least 4 members (excludes halogenated alkanes) is 15. The van der Waals surface area contributed by atoms with Crippen molar-refractivity contribution in [2.45, 2.75) is 122 Å². The van der Waals surface area contributed by atoms with Crippen LogP contribution in [0.4, 0.5) is 0 Å². The fourth-order valence-electron chi connectivity index (χ4n) is 3.83. The molecule has 3 heteroatoms. The molecule has 1 aliphatic rings. The van der Waals surface area contributed by atoms with E-state index in [1.807, 2.05) is 12.2 Å². The Morgan fingerprint density at radius 3 is 1.64 bits per heavy atom. The Bertz CT molecular complexity index is 441. The van der Waals surface area contributed by atoms with E-state index < -0.39 is 11.6 Å². The number of allylic oxidation sites excluding steroid dienone is 2. The second kappa shape index (κ2) is 16.8. The number of carboxylic acids is 1. The van der Waals surface area contributed by atoms with Crippen molar-refractivity contribution in [3.05, 3.63) is 24.3 Å². The van der Waals surface area contributed by atoms with Crippen LogP contribution in [-0.4, -0.2) is 23.3 Å². The highest BCUT2D eigenvalue weighted by atomic mass is 16.5. The number of carboxylic acid groups (broad SMARTS) is 1. The summed E-state index contributed by atoms with van der Waals surface area (Å²) in [5.41, 5.74) is -1.13. The Kier molecular flexibility index (Phi) is 15.0. The van der Waals surface area contributed by atoms with E-state index in [-0.39, 0.29) is 0 Å². The van der Waals surface area contributed by atoms with E-state index in [1.165, 1.54) is 89.9 Å². The monoisotopic (exact) mass is 392 g/mol. The standard InChI is InChI=1S/C25H44O3/c1-2-3-4-5-6-7-8-9-10-11-12-13-14-15-16-20-23-28-25(24(26)27)21-18-17-19-22-25/h17-19,21H,2-16,20,22-23H2,1H3,(H,26,27). The molecule has 1 unspecified atom stereocenters. The van der Waals surface area contributed by atoms with Crippen LogP contribution in [0.5, 0.6) is 0 Å². The van der Waals surface area contributed by atoms with Crippen LogP contribution in [-0.2, 0) is 9.53 Å². The number of ether oxygens (including phenoxy) is 1. The molecule has 1 rings (SSSR count). The minimum atomic E-state index is -1.13. The third-order valence-corrected chi connectivity index (χ3v) is 5.75. The van der Waals surface area contributed by atoms with Gasteiger partial charge in [-0.3, -0.25) is 0 Å². The number of aliphatic carboxylic acids is 1. The minimum Gasteiger partial charge on any atom is -0.479 e. The normalized spacial score (nSPS) is 18.6. The average Bonchev–Trinajstić information content (AvgIpc) is 2.71. The van der Waals surface area contributed by atoms with Gasteiger partial charge in [-0.25, -0.2) is 4.79 Å². The number of hydrogen-bond donors (Lipinski definition) is 1. The molecule has 1 aliphatic carbocycles. The van der Waals surface area contributed by atoms with Gasteiger partial charge in [0.15, 0.2) is 5.60 Å². The number of rotatable bonds is 19. The van der Waals surface area contributed by atoms with E-state index in [0.717, 1.165) is 12.8 Å². The van der Waals surface area contributed by atoms with Crippen molar-refractivity contribution in [2.75, 3.05) is 6.61 Å². The lowest BCUT2D eigenvalue weighted by molar-refractivity contribution is -0.159. The van der Waals surface area contributed by atoms with Gasteiger partial charge in [-0.15, -0.1) is 0 Å². The third kappa shape index (κ3) is 11.7. The van der Waals surface area contributed by atoms with Gasteiger partial charge in [0, 0.05) is 13.0 Å². The molecule has 1 atom stereocenters. The van der Waals surface area contributed by atoms with Gasteiger partial charge in [-0.2, -0.15) is 0 Å². The van der Waals surface area contributed by atoms with Gasteiger partial charge >= 0.3 is 5.97 Å². The lowest BCUT2D eigenvalue weighted by Gasteiger charge is -2.26. The van der Waals surface area contributed by atoms with Crippen LogP contribution in [0.15, 0.2) is 24.3 Å². The maximum Gasteiger partial charge on any atom is 0.340 e. The van der Waals surface area contributed by atoms with Crippen molar-refractivity contribution < 1.29 is 14.6 Å². The second-order valence-electron chi connectivity index (χ2n) is 8.34. The van der Waals surface area contributed by atoms with Crippen molar-refractivity contribution in [1.82, 2.24) is 0 Å². The lowest BCUT2D eigenvalue weighted by atomic mass is 9.95. The number of hydrogen-bond acceptors (Lipinski definition) is 2. The third-order valence-electron chi connectivity index (χ3n) is 5.75. The molecule has 0 fully saturated rings. The minimum absolute atomic E-state index is 0.428. The van der Waals surface area contributed by atoms with Crippen molar-refractivity contribution >= 4 is 5.97 Å². The summed E-state index contributed by atoms with van der Waals surface area (Å²) < 4.78 is 5.71. The van der Waals surface area contributed by atoms with E-state index in [1.54, 1.807) is 12.2 Å². The van der Waals surface area contributed by atoms with Gasteiger partial charge in [0.2, 0.25) is 0 Å². The second-order valence-corrected chi connectivity index (χ2v) is 8.34. The largest absolute Gasteiger partial charge is 0.479 e. The van der Waals surface area contributed by atoms with Crippen LogP contribution < -0.4 is 0 Å². The van der Waals surface area contributed by atoms with Crippen LogP contribution in [0.3, 0.4) is 0 Å². The van der Waals surface area contributed by atoms with Crippen LogP contribution in [0, 0.1) is 0 Å². The predicted octanol–water partition coefficient (Wildman–Crippen LogP) is 7.60. The molecule has 0 radical (unpaired) electrons. The first-order valence-corrected chi connectivity index (χ1v) is 11.9. The molecule has 0 saturated carbocycles. The molecule has 0 saturated heterocycles. The summed E-state index contributed by atoms with van der Waals surface area (Å²) >= 11 is 0. The van der Waals surface area contributed by atoms with Gasteiger partial charge < -0.3 is 9.84 Å². The zero-order valence-electron chi connectivity index (χ0n) is 18.3. The van der Waals surface area contributed by atoms with Crippen molar-refractivity contribution in [3.63, 3.8) is 0 Å². The van der Waals surface area contributed by atoms with Crippen LogP contribution >= 0.6 is 0 Å². The zero-order chi connectivity index (χ0) is 20.3. The molecule has 1 N–H and O–H groups in total. The number of carbonyl (C=O) groups is 1. The predicted molar refractivity (Wildman–Crippen MR) is 119 cm³/mol. The molecule has 162 valence electrons. The molecule has 28 heavy (non-hydrogen) atoms. The molecular formula is C25H44O3. The summed E-state index contributed by atoms with van der Waals surface area (Å²) in [6, 6.07) is 0. The van der Waals surface area contributed by atoms with Crippen LogP contribution in [0.25, 0.3) is 0 Å². The molecule has 0 bridgehead atoms. The zero-order valence-corrected chi connectivity index (χ0v) is 18.3. The molecule has 0 aromatic carbocycles. The van der Waals surface area contributed by atoms with E-state index in [0.29, 0.717) is 13.0 Å². The molecule has 3 nitrogen and oxygen atoms in total. The summed E-state index contributed by atoms with van der Waals surface area (Å²) in [6.45, 7) is 2.81. The quantitative estimate of drug-likeness (QED) is 0.230. The summed E-state index contributed by atoms with van der Waals surface area (Å²) in [6.07, 6.45) is 29.0. The first-order valence-electron chi connectivity index (χ1n) is 11.9. The van der Waals surface area contributed by atoms with E-state index >= 15 is 0 Å². The summed E-state index contributed by atoms with van der Waals surface area (Å²) in [5, 5.41) is 9.41. The van der Waals surface area contributed by atoms with Gasteiger partial charge in [0.05, 0.1) is 0 Å². The molecule has 0 spiro atoms. The van der Waals surface area contributed by atoms with Crippen molar-refractivity contribution in [2.24, 2.45) is 0 Å². The summed E-state index contributed by atoms with van der Waals surface area (Å²) in [4.78, 5) is 11.5. The molecule has 0 heterocycles. The highest BCUT2D eigenvalue weighted by Gasteiger charge is 2.36. The van der Waals surface area contributed by atoms with Crippen molar-refractivity contribution in [3.8, 4) is 0 Å². The summed E-state index contributed by atoms with van der Waals surface area (Å²) in [5.74, 6) is -0.885. The van der Waals surface area contributed by atoms with Crippen LogP contribution in [0.2, 0.25) is 0 Å². The van der Waals surface area contributed by atoms with Gasteiger partial charge in [-0.05, 0) is 12.5 Å². The molecule has 0 aliphatic heterocycles. The average molecular weight is 393 g/mol. The van der Waals surface area contributed by atoms with Gasteiger partial charge in [-0.1, -0.05) is 121 Å². The van der Waals surface area contributed by atoms with Gasteiger partial charge in [0.25, 0.3) is 0 Å². The first kappa shape index (κ1) is 24.9. The lowest BCUT2D eigenvalue weighted by Crippen LogP contribution is -2.40. The van der Waals surface area contributed by atoms with Crippen molar-refractivity contribution in [1.29, 1.82) is 0 Å². The molecular weight excluding hydrogens is 348 g/mol. The summed E-state index contributed by atoms with van der Waals surface area (Å²) in [7, 11) is 0. The Labute approximate surface area is 173 Å². The smallest absolute Gasteiger partial charge is 0.340 e. The Balaban J connectivity index is 1.83.